The van der Waals surface area contributed by atoms with Crippen molar-refractivity contribution in [3.05, 3.63) is 12.3 Å². The van der Waals surface area contributed by atoms with Gasteiger partial charge in [-0.2, -0.15) is 4.98 Å². The van der Waals surface area contributed by atoms with Gasteiger partial charge in [0.15, 0.2) is 0 Å². The molecule has 1 fully saturated rings. The molecule has 20 heavy (non-hydrogen) atoms. The summed E-state index contributed by atoms with van der Waals surface area (Å²) in [6.45, 7) is 9.11. The summed E-state index contributed by atoms with van der Waals surface area (Å²) in [5, 5.41) is 3.42. The number of anilines is 1. The van der Waals surface area contributed by atoms with Crippen LogP contribution in [0, 0.1) is 5.92 Å². The standard InChI is InChI=1S/C15H26N4O/c1-3-11-19(12-13-5-8-16-9-6-13)15-17-10-7-14(18-15)20-4-2/h7,10,13,16H,3-6,8-9,11-12H2,1-2H3. The van der Waals surface area contributed by atoms with Gasteiger partial charge in [0.1, 0.15) is 0 Å². The largest absolute Gasteiger partial charge is 0.478 e. The summed E-state index contributed by atoms with van der Waals surface area (Å²) in [6, 6.07) is 1.82. The van der Waals surface area contributed by atoms with E-state index in [0.29, 0.717) is 12.5 Å². The Morgan fingerprint density at radius 1 is 1.35 bits per heavy atom. The number of hydrogen-bond donors (Lipinski definition) is 1. The van der Waals surface area contributed by atoms with E-state index in [-0.39, 0.29) is 0 Å². The second-order valence-corrected chi connectivity index (χ2v) is 5.27. The van der Waals surface area contributed by atoms with Gasteiger partial charge in [-0.25, -0.2) is 4.98 Å². The molecular formula is C15H26N4O. The maximum absolute atomic E-state index is 5.48. The number of ether oxygens (including phenoxy) is 1. The van der Waals surface area contributed by atoms with Crippen LogP contribution in [0.1, 0.15) is 33.1 Å². The second kappa shape index (κ2) is 8.04. The van der Waals surface area contributed by atoms with E-state index in [4.69, 9.17) is 4.74 Å². The molecule has 5 heteroatoms. The minimum atomic E-state index is 0.637. The van der Waals surface area contributed by atoms with E-state index in [2.05, 4.69) is 27.1 Å². The monoisotopic (exact) mass is 278 g/mol. The Morgan fingerprint density at radius 2 is 2.15 bits per heavy atom. The van der Waals surface area contributed by atoms with Crippen molar-refractivity contribution in [1.82, 2.24) is 15.3 Å². The fraction of sp³-hybridized carbons (Fsp3) is 0.733. The fourth-order valence-electron chi connectivity index (χ4n) is 2.63. The molecule has 5 nitrogen and oxygen atoms in total. The van der Waals surface area contributed by atoms with Crippen LogP contribution >= 0.6 is 0 Å². The molecule has 0 radical (unpaired) electrons. The van der Waals surface area contributed by atoms with E-state index >= 15 is 0 Å². The van der Waals surface area contributed by atoms with Gasteiger partial charge < -0.3 is 15.0 Å². The molecular weight excluding hydrogens is 252 g/mol. The summed E-state index contributed by atoms with van der Waals surface area (Å²) in [4.78, 5) is 11.3. The normalized spacial score (nSPS) is 16.1. The maximum atomic E-state index is 5.48. The molecule has 0 aliphatic carbocycles. The van der Waals surface area contributed by atoms with Crippen molar-refractivity contribution >= 4 is 5.95 Å². The summed E-state index contributed by atoms with van der Waals surface area (Å²) in [7, 11) is 0. The Bertz CT molecular complexity index is 393. The lowest BCUT2D eigenvalue weighted by molar-refractivity contribution is 0.325. The number of aromatic nitrogens is 2. The zero-order valence-corrected chi connectivity index (χ0v) is 12.6. The van der Waals surface area contributed by atoms with Crippen LogP contribution < -0.4 is 15.0 Å². The number of nitrogens with one attached hydrogen (secondary N) is 1. The van der Waals surface area contributed by atoms with E-state index in [9.17, 15) is 0 Å². The van der Waals surface area contributed by atoms with Gasteiger partial charge in [-0.15, -0.1) is 0 Å². The van der Waals surface area contributed by atoms with Gasteiger partial charge in [0.05, 0.1) is 6.61 Å². The first-order valence-electron chi connectivity index (χ1n) is 7.75. The molecule has 1 saturated heterocycles. The van der Waals surface area contributed by atoms with Crippen molar-refractivity contribution in [3.63, 3.8) is 0 Å². The van der Waals surface area contributed by atoms with Crippen LogP contribution in [0.3, 0.4) is 0 Å². The van der Waals surface area contributed by atoms with E-state index in [0.717, 1.165) is 44.5 Å². The van der Waals surface area contributed by atoms with Crippen molar-refractivity contribution in [1.29, 1.82) is 0 Å². The summed E-state index contributed by atoms with van der Waals surface area (Å²) in [5.74, 6) is 2.21. The molecule has 0 saturated carbocycles. The van der Waals surface area contributed by atoms with Crippen molar-refractivity contribution in [2.75, 3.05) is 37.7 Å². The lowest BCUT2D eigenvalue weighted by atomic mass is 9.97. The van der Waals surface area contributed by atoms with Crippen molar-refractivity contribution in [2.24, 2.45) is 5.92 Å². The van der Waals surface area contributed by atoms with Crippen LogP contribution in [0.2, 0.25) is 0 Å². The SMILES string of the molecule is CCCN(CC1CCNCC1)c1nccc(OCC)n1. The van der Waals surface area contributed by atoms with Crippen LogP contribution in [0.25, 0.3) is 0 Å². The maximum Gasteiger partial charge on any atom is 0.228 e. The average molecular weight is 278 g/mol. The van der Waals surface area contributed by atoms with Crippen molar-refractivity contribution < 1.29 is 4.74 Å². The molecule has 0 atom stereocenters. The van der Waals surface area contributed by atoms with Gasteiger partial charge in [0.2, 0.25) is 11.8 Å². The highest BCUT2D eigenvalue weighted by molar-refractivity contribution is 5.32. The minimum Gasteiger partial charge on any atom is -0.478 e. The Balaban J connectivity index is 2.04. The first-order chi connectivity index (χ1) is 9.83. The highest BCUT2D eigenvalue weighted by atomic mass is 16.5. The summed E-state index contributed by atoms with van der Waals surface area (Å²) in [5.41, 5.74) is 0. The van der Waals surface area contributed by atoms with Gasteiger partial charge >= 0.3 is 0 Å². The molecule has 0 amide bonds. The van der Waals surface area contributed by atoms with E-state index in [1.807, 2.05) is 13.0 Å². The molecule has 1 aliphatic heterocycles. The van der Waals surface area contributed by atoms with Gasteiger partial charge in [-0.05, 0) is 45.2 Å². The highest BCUT2D eigenvalue weighted by Crippen LogP contribution is 2.18. The Kier molecular flexibility index (Phi) is 6.05. The third-order valence-corrected chi connectivity index (χ3v) is 3.62. The summed E-state index contributed by atoms with van der Waals surface area (Å²) in [6.07, 6.45) is 5.38. The molecule has 0 unspecified atom stereocenters. The van der Waals surface area contributed by atoms with Gasteiger partial charge in [-0.3, -0.25) is 0 Å². The van der Waals surface area contributed by atoms with Crippen LogP contribution in [0.5, 0.6) is 5.88 Å². The fourth-order valence-corrected chi connectivity index (χ4v) is 2.63. The predicted molar refractivity (Wildman–Crippen MR) is 81.3 cm³/mol. The zero-order chi connectivity index (χ0) is 14.2. The first kappa shape index (κ1) is 15.0. The van der Waals surface area contributed by atoms with Gasteiger partial charge in [0.25, 0.3) is 0 Å². The van der Waals surface area contributed by atoms with Crippen LogP contribution in [-0.2, 0) is 0 Å². The van der Waals surface area contributed by atoms with E-state index in [1.54, 1.807) is 6.20 Å². The second-order valence-electron chi connectivity index (χ2n) is 5.27. The first-order valence-corrected chi connectivity index (χ1v) is 7.75. The molecule has 1 aliphatic rings. The zero-order valence-electron chi connectivity index (χ0n) is 12.6. The molecule has 0 bridgehead atoms. The van der Waals surface area contributed by atoms with Crippen LogP contribution in [0.4, 0.5) is 5.95 Å². The topological polar surface area (TPSA) is 50.3 Å². The highest BCUT2D eigenvalue weighted by Gasteiger charge is 2.18. The molecule has 0 spiro atoms. The molecule has 1 aromatic rings. The predicted octanol–water partition coefficient (Wildman–Crippen LogP) is 2.09. The lowest BCUT2D eigenvalue weighted by Gasteiger charge is -2.30. The Labute approximate surface area is 121 Å². The molecule has 2 rings (SSSR count). The molecule has 0 aromatic carbocycles. The number of hydrogen-bond acceptors (Lipinski definition) is 5. The minimum absolute atomic E-state index is 0.637. The third-order valence-electron chi connectivity index (χ3n) is 3.62. The molecule has 1 N–H and O–H groups in total. The van der Waals surface area contributed by atoms with Crippen molar-refractivity contribution in [2.45, 2.75) is 33.1 Å². The molecule has 2 heterocycles. The Hall–Kier alpha value is -1.36. The third kappa shape index (κ3) is 4.34. The van der Waals surface area contributed by atoms with Gasteiger partial charge in [0, 0.05) is 25.4 Å². The van der Waals surface area contributed by atoms with E-state index in [1.165, 1.54) is 12.8 Å². The van der Waals surface area contributed by atoms with Gasteiger partial charge in [-0.1, -0.05) is 6.92 Å². The Morgan fingerprint density at radius 3 is 2.85 bits per heavy atom. The summed E-state index contributed by atoms with van der Waals surface area (Å²) >= 11 is 0. The van der Waals surface area contributed by atoms with Crippen LogP contribution in [0.15, 0.2) is 12.3 Å². The smallest absolute Gasteiger partial charge is 0.228 e. The van der Waals surface area contributed by atoms with E-state index < -0.39 is 0 Å². The summed E-state index contributed by atoms with van der Waals surface area (Å²) < 4.78 is 5.48. The quantitative estimate of drug-likeness (QED) is 0.827. The molecule has 112 valence electrons. The number of nitrogens with zero attached hydrogens (tertiary/aromatic N) is 3. The average Bonchev–Trinajstić information content (AvgIpc) is 2.49. The van der Waals surface area contributed by atoms with Crippen LogP contribution in [-0.4, -0.2) is 42.8 Å². The lowest BCUT2D eigenvalue weighted by Crippen LogP contribution is -2.37. The molecule has 1 aromatic heterocycles. The van der Waals surface area contributed by atoms with Crippen molar-refractivity contribution in [3.8, 4) is 5.88 Å². The number of piperidine rings is 1. The number of rotatable bonds is 7.